The van der Waals surface area contributed by atoms with E-state index in [-0.39, 0.29) is 12.5 Å². The monoisotopic (exact) mass is 182 g/mol. The summed E-state index contributed by atoms with van der Waals surface area (Å²) in [4.78, 5) is 0. The van der Waals surface area contributed by atoms with Crippen molar-refractivity contribution >= 4 is 0 Å². The van der Waals surface area contributed by atoms with E-state index in [9.17, 15) is 5.11 Å². The Kier molecular flexibility index (Phi) is 3.35. The van der Waals surface area contributed by atoms with Gasteiger partial charge in [-0.2, -0.15) is 0 Å². The predicted octanol–water partition coefficient (Wildman–Crippen LogP) is 1.17. The van der Waals surface area contributed by atoms with E-state index in [4.69, 9.17) is 5.11 Å². The average Bonchev–Trinajstić information content (AvgIpc) is 2.11. The molecule has 1 aliphatic carbocycles. The van der Waals surface area contributed by atoms with E-state index in [0.717, 1.165) is 12.8 Å². The molecule has 1 rings (SSSR count). The zero-order chi connectivity index (χ0) is 9.90. The van der Waals surface area contributed by atoms with Crippen LogP contribution in [0.3, 0.4) is 0 Å². The second-order valence-electron chi connectivity index (χ2n) is 4.04. The summed E-state index contributed by atoms with van der Waals surface area (Å²) in [6.07, 6.45) is 2.94. The molecule has 2 heteroatoms. The number of aliphatic hydroxyl groups is 2. The van der Waals surface area contributed by atoms with Gasteiger partial charge in [0.25, 0.3) is 0 Å². The van der Waals surface area contributed by atoms with E-state index >= 15 is 0 Å². The van der Waals surface area contributed by atoms with Gasteiger partial charge in [0, 0.05) is 0 Å². The Morgan fingerprint density at radius 3 is 2.77 bits per heavy atom. The van der Waals surface area contributed by atoms with Gasteiger partial charge in [0.2, 0.25) is 0 Å². The van der Waals surface area contributed by atoms with Crippen LogP contribution in [0.5, 0.6) is 0 Å². The highest BCUT2D eigenvalue weighted by molar-refractivity contribution is 5.17. The van der Waals surface area contributed by atoms with Crippen LogP contribution in [-0.2, 0) is 0 Å². The smallest absolute Gasteiger partial charge is 0.128 e. The third kappa shape index (κ3) is 2.24. The summed E-state index contributed by atoms with van der Waals surface area (Å²) in [6.45, 7) is 4.02. The fourth-order valence-corrected chi connectivity index (χ4v) is 2.01. The molecular formula is C11H18O2. The van der Waals surface area contributed by atoms with Crippen molar-refractivity contribution in [1.82, 2.24) is 0 Å². The zero-order valence-electron chi connectivity index (χ0n) is 8.38. The Balaban J connectivity index is 2.75. The van der Waals surface area contributed by atoms with E-state index in [1.807, 2.05) is 6.92 Å². The van der Waals surface area contributed by atoms with Crippen LogP contribution in [0.2, 0.25) is 0 Å². The highest BCUT2D eigenvalue weighted by Gasteiger charge is 2.38. The molecule has 0 saturated heterocycles. The van der Waals surface area contributed by atoms with E-state index in [1.54, 1.807) is 0 Å². The van der Waals surface area contributed by atoms with Crippen LogP contribution in [0.1, 0.15) is 33.1 Å². The topological polar surface area (TPSA) is 40.5 Å². The standard InChI is InChI=1S/C11H18O2/c1-9-5-3-6-11(13,10(9)2)7-4-8-12/h9-10,12-13H,3,5-6,8H2,1-2H3. The molecule has 3 unspecified atom stereocenters. The molecule has 13 heavy (non-hydrogen) atoms. The Bertz CT molecular complexity index is 226. The minimum atomic E-state index is -0.861. The molecule has 74 valence electrons. The zero-order valence-corrected chi connectivity index (χ0v) is 8.38. The summed E-state index contributed by atoms with van der Waals surface area (Å²) in [5.74, 6) is 6.08. The van der Waals surface area contributed by atoms with E-state index in [2.05, 4.69) is 18.8 Å². The van der Waals surface area contributed by atoms with E-state index < -0.39 is 5.60 Å². The van der Waals surface area contributed by atoms with Crippen LogP contribution < -0.4 is 0 Å². The molecule has 3 atom stereocenters. The van der Waals surface area contributed by atoms with Crippen molar-refractivity contribution in [2.45, 2.75) is 38.7 Å². The molecule has 0 aromatic rings. The van der Waals surface area contributed by atoms with Crippen LogP contribution in [0.15, 0.2) is 0 Å². The van der Waals surface area contributed by atoms with Crippen molar-refractivity contribution in [3.63, 3.8) is 0 Å². The normalized spacial score (nSPS) is 39.4. The van der Waals surface area contributed by atoms with Gasteiger partial charge in [-0.25, -0.2) is 0 Å². The first-order valence-corrected chi connectivity index (χ1v) is 4.93. The molecule has 0 amide bonds. The van der Waals surface area contributed by atoms with Crippen molar-refractivity contribution in [3.05, 3.63) is 0 Å². The molecule has 0 heterocycles. The SMILES string of the molecule is CC1CCCC(O)(C#CCO)C1C. The third-order valence-corrected chi connectivity index (χ3v) is 3.21. The van der Waals surface area contributed by atoms with Gasteiger partial charge >= 0.3 is 0 Å². The summed E-state index contributed by atoms with van der Waals surface area (Å²) < 4.78 is 0. The lowest BCUT2D eigenvalue weighted by Gasteiger charge is -2.38. The molecule has 0 spiro atoms. The molecule has 2 nitrogen and oxygen atoms in total. The Hall–Kier alpha value is -0.520. The number of hydrogen-bond donors (Lipinski definition) is 2. The summed E-state index contributed by atoms with van der Waals surface area (Å²) in [5, 5.41) is 18.7. The van der Waals surface area contributed by atoms with Gasteiger partial charge in [0.15, 0.2) is 0 Å². The molecule has 0 aliphatic heterocycles. The van der Waals surface area contributed by atoms with E-state index in [1.165, 1.54) is 6.42 Å². The van der Waals surface area contributed by atoms with Crippen molar-refractivity contribution in [2.75, 3.05) is 6.61 Å². The summed E-state index contributed by atoms with van der Waals surface area (Å²) in [5.41, 5.74) is -0.861. The Labute approximate surface area is 80.0 Å². The maximum absolute atomic E-state index is 10.2. The second kappa shape index (κ2) is 4.13. The Morgan fingerprint density at radius 2 is 2.15 bits per heavy atom. The lowest BCUT2D eigenvalue weighted by molar-refractivity contribution is -0.0131. The maximum atomic E-state index is 10.2. The van der Waals surface area contributed by atoms with Crippen LogP contribution in [0.4, 0.5) is 0 Å². The first-order chi connectivity index (χ1) is 6.10. The molecule has 2 N–H and O–H groups in total. The minimum absolute atomic E-state index is 0.163. The minimum Gasteiger partial charge on any atom is -0.384 e. The van der Waals surface area contributed by atoms with Gasteiger partial charge in [-0.15, -0.1) is 0 Å². The van der Waals surface area contributed by atoms with Gasteiger partial charge in [0.05, 0.1) is 0 Å². The molecule has 0 aromatic heterocycles. The quantitative estimate of drug-likeness (QED) is 0.552. The number of aliphatic hydroxyl groups excluding tert-OH is 1. The molecular weight excluding hydrogens is 164 g/mol. The summed E-state index contributed by atoms with van der Waals surface area (Å²) >= 11 is 0. The van der Waals surface area contributed by atoms with Crippen LogP contribution >= 0.6 is 0 Å². The second-order valence-corrected chi connectivity index (χ2v) is 4.04. The molecule has 1 aliphatic rings. The van der Waals surface area contributed by atoms with Crippen molar-refractivity contribution in [3.8, 4) is 11.8 Å². The third-order valence-electron chi connectivity index (χ3n) is 3.21. The average molecular weight is 182 g/mol. The number of rotatable bonds is 0. The Morgan fingerprint density at radius 1 is 1.46 bits per heavy atom. The molecule has 1 saturated carbocycles. The van der Waals surface area contributed by atoms with Crippen LogP contribution in [0.25, 0.3) is 0 Å². The van der Waals surface area contributed by atoms with Crippen LogP contribution in [-0.4, -0.2) is 22.4 Å². The first-order valence-electron chi connectivity index (χ1n) is 4.93. The fourth-order valence-electron chi connectivity index (χ4n) is 2.01. The summed E-state index contributed by atoms with van der Waals surface area (Å²) in [7, 11) is 0. The van der Waals surface area contributed by atoms with Gasteiger partial charge in [-0.05, 0) is 24.7 Å². The first kappa shape index (κ1) is 10.6. The van der Waals surface area contributed by atoms with Gasteiger partial charge in [-0.1, -0.05) is 32.1 Å². The largest absolute Gasteiger partial charge is 0.384 e. The maximum Gasteiger partial charge on any atom is 0.128 e. The number of hydrogen-bond acceptors (Lipinski definition) is 2. The van der Waals surface area contributed by atoms with Crippen molar-refractivity contribution in [1.29, 1.82) is 0 Å². The summed E-state index contributed by atoms with van der Waals surface area (Å²) in [6, 6.07) is 0. The van der Waals surface area contributed by atoms with Gasteiger partial charge in [0.1, 0.15) is 12.2 Å². The molecule has 0 aromatic carbocycles. The van der Waals surface area contributed by atoms with Crippen molar-refractivity contribution < 1.29 is 10.2 Å². The van der Waals surface area contributed by atoms with E-state index in [0.29, 0.717) is 5.92 Å². The van der Waals surface area contributed by atoms with Gasteiger partial charge < -0.3 is 10.2 Å². The highest BCUT2D eigenvalue weighted by Crippen LogP contribution is 2.36. The van der Waals surface area contributed by atoms with Crippen LogP contribution in [0, 0.1) is 23.7 Å². The molecule has 0 radical (unpaired) electrons. The lowest BCUT2D eigenvalue weighted by Crippen LogP contribution is -2.41. The van der Waals surface area contributed by atoms with Gasteiger partial charge in [-0.3, -0.25) is 0 Å². The predicted molar refractivity (Wildman–Crippen MR) is 52.0 cm³/mol. The molecule has 1 fully saturated rings. The fraction of sp³-hybridized carbons (Fsp3) is 0.818. The highest BCUT2D eigenvalue weighted by atomic mass is 16.3. The molecule has 0 bridgehead atoms. The van der Waals surface area contributed by atoms with Crippen molar-refractivity contribution in [2.24, 2.45) is 11.8 Å². The lowest BCUT2D eigenvalue weighted by atomic mass is 9.71.